The maximum Gasteiger partial charge on any atom is 0.341 e. The van der Waals surface area contributed by atoms with E-state index in [1.54, 1.807) is 199 Å². The van der Waals surface area contributed by atoms with Crippen LogP contribution in [0.15, 0.2) is 277 Å². The molecule has 6 N–H and O–H groups in total. The number of nitrogens with two attached hydrogens (primary N) is 1. The molecule has 7 aromatic heterocycles. The first-order valence-corrected chi connectivity index (χ1v) is 50.0. The van der Waals surface area contributed by atoms with Crippen molar-refractivity contribution in [2.45, 2.75) is 94.6 Å². The zero-order valence-electron chi connectivity index (χ0n) is 81.2. The highest BCUT2D eigenvalue weighted by atomic mass is 35.5. The van der Waals surface area contributed by atoms with E-state index in [-0.39, 0.29) is 68.0 Å². The number of aliphatic hydroxyl groups is 1. The van der Waals surface area contributed by atoms with Crippen LogP contribution in [-0.2, 0) is 46.0 Å². The van der Waals surface area contributed by atoms with Gasteiger partial charge in [-0.3, -0.25) is 103 Å². The number of halogens is 7. The molecule has 0 saturated heterocycles. The number of nitrogens with one attached hydrogen (secondary N) is 3. The second kappa shape index (κ2) is 53.1. The number of carbonyl (C=O) groups excluding carboxylic acids is 4. The zero-order valence-corrected chi connectivity index (χ0v) is 87.4. The van der Waals surface area contributed by atoms with Gasteiger partial charge in [-0.2, -0.15) is 0 Å². The van der Waals surface area contributed by atoms with Crippen LogP contribution < -0.4 is 32.8 Å². The number of aromatic nitrogens is 7. The number of aryl methyl sites for hydroxylation is 5. The average molecular weight is 2160 g/mol. The van der Waals surface area contributed by atoms with Crippen molar-refractivity contribution < 1.29 is 62.5 Å². The van der Waals surface area contributed by atoms with Crippen LogP contribution in [0.4, 0.5) is 45.5 Å². The summed E-state index contributed by atoms with van der Waals surface area (Å²) in [6.45, 7) is 24.7. The fourth-order valence-electron chi connectivity index (χ4n) is 14.9. The van der Waals surface area contributed by atoms with Gasteiger partial charge in [0.15, 0.2) is 0 Å². The molecule has 0 bridgehead atoms. The van der Waals surface area contributed by atoms with Crippen molar-refractivity contribution >= 4 is 233 Å². The quantitative estimate of drug-likeness (QED) is 0.00755. The molecule has 34 nitrogen and oxygen atoms in total. The number of amides is 1. The van der Waals surface area contributed by atoms with Gasteiger partial charge < -0.3 is 40.8 Å². The number of hydrogen-bond donors (Lipinski definition) is 5. The number of ether oxygens (including phenoxy) is 2. The van der Waals surface area contributed by atoms with Crippen molar-refractivity contribution in [2.24, 2.45) is 5.73 Å². The number of aliphatic hydroxyl groups excluding tert-OH is 1. The second-order valence-corrected chi connectivity index (χ2v) is 38.1. The summed E-state index contributed by atoms with van der Waals surface area (Å²) in [7, 11) is -2.75. The Morgan fingerprint density at radius 3 is 1.32 bits per heavy atom. The molecule has 0 spiro atoms. The number of esters is 2. The second-order valence-electron chi connectivity index (χ2n) is 32.6. The number of anilines is 5. The van der Waals surface area contributed by atoms with Gasteiger partial charge in [-0.25, -0.2) is 4.79 Å². The monoisotopic (exact) mass is 2160 g/mol. The molecule has 764 valence electrons. The van der Waals surface area contributed by atoms with Crippen LogP contribution in [0.2, 0.25) is 30.1 Å². The summed E-state index contributed by atoms with van der Waals surface area (Å²) in [6.07, 6.45) is 15.1. The number of pyridine rings is 7. The molecule has 7 heterocycles. The summed E-state index contributed by atoms with van der Waals surface area (Å²) < 4.78 is 28.9. The Bertz CT molecular complexity index is 8130. The van der Waals surface area contributed by atoms with Crippen molar-refractivity contribution in [2.75, 3.05) is 48.6 Å². The Morgan fingerprint density at radius 1 is 0.493 bits per heavy atom. The lowest BCUT2D eigenvalue weighted by Crippen LogP contribution is -2.18. The zero-order chi connectivity index (χ0) is 108. The number of nitro groups is 4. The maximum atomic E-state index is 12.8. The van der Waals surface area contributed by atoms with E-state index in [0.717, 1.165) is 85.7 Å². The van der Waals surface area contributed by atoms with E-state index < -0.39 is 34.4 Å². The topological polar surface area (TPSA) is 476 Å². The van der Waals surface area contributed by atoms with E-state index >= 15 is 0 Å². The van der Waals surface area contributed by atoms with E-state index in [9.17, 15) is 78.9 Å². The van der Waals surface area contributed by atoms with E-state index in [1.165, 1.54) is 53.8 Å². The summed E-state index contributed by atoms with van der Waals surface area (Å²) in [5.74, 6) is -1.25. The first-order chi connectivity index (χ1) is 70.4. The summed E-state index contributed by atoms with van der Waals surface area (Å²) in [5.41, 5.74) is 20.5. The molecule has 17 rings (SSSR count). The van der Waals surface area contributed by atoms with Crippen LogP contribution in [-0.4, -0.2) is 115 Å². The Hall–Kier alpha value is -15.3. The highest BCUT2D eigenvalue weighted by molar-refractivity contribution is 7.59. The molecule has 16 aromatic rings. The minimum absolute atomic E-state index is 0.0296. The van der Waals surface area contributed by atoms with E-state index in [1.807, 2.05) is 49.5 Å². The third kappa shape index (κ3) is 30.2. The van der Waals surface area contributed by atoms with Gasteiger partial charge in [0.2, 0.25) is 18.5 Å². The lowest BCUT2D eigenvalue weighted by atomic mass is 10.0. The number of fused-ring (bicyclic) bond motifs is 9. The molecule has 9 aromatic carbocycles. The minimum Gasteiger partial charge on any atom is -0.466 e. The van der Waals surface area contributed by atoms with Crippen LogP contribution in [0.5, 0.6) is 0 Å². The fraction of sp³-hybridized carbons (Fsp3) is 0.179. The summed E-state index contributed by atoms with van der Waals surface area (Å²) in [5, 5.41) is 70.8. The molecule has 1 unspecified atom stereocenters. The number of benzene rings is 9. The molecule has 1 amide bonds. The van der Waals surface area contributed by atoms with Crippen LogP contribution in [0.1, 0.15) is 97.6 Å². The molecular formula is C106H97Cl7N15O19P. The molecule has 42 heteroatoms. The molecule has 1 atom stereocenters. The van der Waals surface area contributed by atoms with Gasteiger partial charge in [0.05, 0.1) is 118 Å². The third-order valence-electron chi connectivity index (χ3n) is 22.1. The third-order valence-corrected chi connectivity index (χ3v) is 25.4. The number of nitrogens with zero attached hydrogens (tertiary/aromatic N) is 11. The first-order valence-electron chi connectivity index (χ1n) is 45.1. The van der Waals surface area contributed by atoms with Crippen LogP contribution in [0, 0.1) is 68.2 Å². The van der Waals surface area contributed by atoms with Gasteiger partial charge in [-0.1, -0.05) is 120 Å². The lowest BCUT2D eigenvalue weighted by Gasteiger charge is -2.15. The number of hydrogen-bond acceptors (Lipinski definition) is 27. The highest BCUT2D eigenvalue weighted by Crippen LogP contribution is 2.43. The smallest absolute Gasteiger partial charge is 0.341 e. The van der Waals surface area contributed by atoms with Crippen molar-refractivity contribution in [1.29, 1.82) is 0 Å². The standard InChI is InChI=1S/C22H16ClN3O2.C19H12ClN3O3.C19H18ClN3O2.C17H14ClN3O3.C12H9Cl2NO2.C7H10N2O2.C7H15O4P.C3H3ClO/c1-3-20(27)25-19-11-16(7-4-13(19)2)26-21(28)9-5-14-12-24-18-8-6-15(23)10-17(18)22(14)26;1-11-2-5-14(9-17(11)23(25)26)22-18(24)7-3-12-10-21-16-6-4-13(20)8-15(16)19(12)22;1-3-4-13-11-21-17-8-6-14(20)9-16(17)19(13)22-15-7-5-12(2)18(10-15)23(24)25;1-10-2-4-13(7-16(10)21(23)24)20-17-11(9-22)8-19-15-5-3-12(18)6-14(15)17;1-2-17-12(16)9-6-15-10-4-3-7(13)5-8(10)11(9)14;1-5-2-3-6(8)4-7(5)9(10)11;1-4-10-7(8)6-12(3,9)11-5-2;1-2-3(4)5/h3-12H,1H2,2H3,(H,25,27);2-10H,1H3;5-11H,3-4H2,1-2H3,(H,21,22);2-8,22H,9H2,1H3,(H,19,20);3-6H,2H2,1H3;4H,2-3,8H2,1H3;4-6H2,1-3H3;2H,1H2. The predicted molar refractivity (Wildman–Crippen MR) is 587 cm³/mol. The average Bonchev–Trinajstić information content (AvgIpc) is 0.750. The predicted octanol–water partition coefficient (Wildman–Crippen LogP) is 26.5. The largest absolute Gasteiger partial charge is 0.466 e. The number of rotatable bonds is 23. The minimum atomic E-state index is -2.75. The molecule has 0 saturated carbocycles. The summed E-state index contributed by atoms with van der Waals surface area (Å²) in [4.78, 5) is 133. The van der Waals surface area contributed by atoms with Crippen molar-refractivity contribution in [3.8, 4) is 11.4 Å². The van der Waals surface area contributed by atoms with Gasteiger partial charge in [-0.05, 0) is 243 Å². The maximum absolute atomic E-state index is 12.8. The normalized spacial score (nSPS) is 11.6. The van der Waals surface area contributed by atoms with Crippen molar-refractivity contribution in [1.82, 2.24) is 34.1 Å². The highest BCUT2D eigenvalue weighted by Gasteiger charge is 2.25. The number of nitro benzene ring substituents is 3. The van der Waals surface area contributed by atoms with Gasteiger partial charge in [-0.15, -0.1) is 0 Å². The molecule has 1 aliphatic carbocycles. The fourth-order valence-corrected chi connectivity index (χ4v) is 17.2. The van der Waals surface area contributed by atoms with Crippen LogP contribution in [0.25, 0.3) is 87.7 Å². The number of carbonyl (C=O) groups is 4. The number of allylic oxidation sites excluding steroid dienone is 4. The Balaban J connectivity index is 0.000000179. The lowest BCUT2D eigenvalue weighted by molar-refractivity contribution is -0.420. The Labute approximate surface area is 881 Å². The van der Waals surface area contributed by atoms with Gasteiger partial charge >= 0.3 is 11.9 Å². The van der Waals surface area contributed by atoms with Gasteiger partial charge in [0.25, 0.3) is 33.9 Å². The SMILES string of the molecule is C=CC(=O)Cl.C=CC(=O)Nc1cc(-n2c(=O)ccc3cnc4ccc(Cl)cc4c32)ccc1C.CC1=C([N+](=O)[O-])C=C(N)CC1.CCCc1cnc2ccc(Cl)cc2c1Nc1ccc(C)c([N+](=O)[O-])c1.CCOC(=O)CP(C)(=O)OCC.CCOC(=O)c1cnc2ccc(Cl)cc2c1Cl.Cc1ccc(-n2c(=O)ccc3cnc4ccc(Cl)cc4c32)cc1[N+](=O)[O-].Cc1ccc(Nc2c(CO)cnc3ccc(Cl)cc23)cc1[N+](=O)[O-]. The molecule has 0 radical (unpaired) electrons. The van der Waals surface area contributed by atoms with E-state index in [2.05, 4.69) is 65.7 Å². The summed E-state index contributed by atoms with van der Waals surface area (Å²) in [6, 6.07) is 53.2. The molecular weight excluding hydrogens is 2070 g/mol. The van der Waals surface area contributed by atoms with Crippen LogP contribution in [0.3, 0.4) is 0 Å². The molecule has 0 aliphatic heterocycles. The first kappa shape index (κ1) is 115. The molecule has 1 aliphatic rings. The van der Waals surface area contributed by atoms with E-state index in [0.29, 0.717) is 157 Å². The Kier molecular flexibility index (Phi) is 41.2. The van der Waals surface area contributed by atoms with Crippen LogP contribution >= 0.6 is 88.6 Å². The molecule has 0 fully saturated rings. The molecule has 148 heavy (non-hydrogen) atoms. The Morgan fingerprint density at radius 2 is 0.899 bits per heavy atom. The van der Waals surface area contributed by atoms with Gasteiger partial charge in [0.1, 0.15) is 6.16 Å². The van der Waals surface area contributed by atoms with Crippen molar-refractivity contribution in [3.63, 3.8) is 0 Å². The van der Waals surface area contributed by atoms with Gasteiger partial charge in [0, 0.05) is 187 Å². The van der Waals surface area contributed by atoms with Crippen molar-refractivity contribution in [3.05, 3.63) is 398 Å². The van der Waals surface area contributed by atoms with E-state index in [4.69, 9.17) is 96.2 Å². The summed E-state index contributed by atoms with van der Waals surface area (Å²) >= 11 is 41.3.